The molecule has 27 heavy (non-hydrogen) atoms. The molecule has 2 bridgehead atoms. The number of amides is 1. The molecule has 6 rings (SSSR count). The number of rotatable bonds is 3. The fraction of sp³-hybridized carbons (Fsp3) is 0.381. The lowest BCUT2D eigenvalue weighted by molar-refractivity contribution is 0.0735. The molecule has 3 fully saturated rings. The van der Waals surface area contributed by atoms with Crippen molar-refractivity contribution >= 4 is 16.9 Å². The Kier molecular flexibility index (Phi) is 4.13. The molecule has 138 valence electrons. The van der Waals surface area contributed by atoms with Gasteiger partial charge >= 0.3 is 0 Å². The third-order valence-electron chi connectivity index (χ3n) is 5.83. The summed E-state index contributed by atoms with van der Waals surface area (Å²) in [5.41, 5.74) is 2.83. The summed E-state index contributed by atoms with van der Waals surface area (Å²) in [5.74, 6) is 1.66. The molecule has 0 saturated carbocycles. The molecule has 2 atom stereocenters. The van der Waals surface area contributed by atoms with Crippen LogP contribution >= 0.6 is 0 Å². The quantitative estimate of drug-likeness (QED) is 0.779. The summed E-state index contributed by atoms with van der Waals surface area (Å²) >= 11 is 0. The SMILES string of the molecule is O=C(c1ccncc1)N1C[C@H]2CC[C@@H](C1)N(Cc1nc3ccccc3[nH]1)C2. The van der Waals surface area contributed by atoms with Crippen molar-refractivity contribution in [1.29, 1.82) is 0 Å². The van der Waals surface area contributed by atoms with E-state index in [-0.39, 0.29) is 5.91 Å². The molecule has 3 aliphatic heterocycles. The smallest absolute Gasteiger partial charge is 0.254 e. The van der Waals surface area contributed by atoms with Crippen molar-refractivity contribution < 1.29 is 4.79 Å². The summed E-state index contributed by atoms with van der Waals surface area (Å²) in [6.07, 6.45) is 5.72. The maximum atomic E-state index is 12.9. The molecule has 1 aromatic carbocycles. The normalized spacial score (nSPS) is 22.9. The first-order valence-corrected chi connectivity index (χ1v) is 9.63. The van der Waals surface area contributed by atoms with Crippen LogP contribution in [0.2, 0.25) is 0 Å². The predicted octanol–water partition coefficient (Wildman–Crippen LogP) is 2.69. The van der Waals surface area contributed by atoms with Crippen LogP contribution in [0, 0.1) is 5.92 Å². The molecule has 6 heteroatoms. The minimum Gasteiger partial charge on any atom is -0.341 e. The van der Waals surface area contributed by atoms with E-state index in [0.29, 0.717) is 12.0 Å². The zero-order valence-corrected chi connectivity index (χ0v) is 15.2. The van der Waals surface area contributed by atoms with Crippen molar-refractivity contribution in [3.05, 3.63) is 60.2 Å². The van der Waals surface area contributed by atoms with Crippen LogP contribution in [0.3, 0.4) is 0 Å². The molecular formula is C21H23N5O. The van der Waals surface area contributed by atoms with Crippen LogP contribution in [0.5, 0.6) is 0 Å². The Hall–Kier alpha value is -2.73. The van der Waals surface area contributed by atoms with Crippen LogP contribution in [-0.4, -0.2) is 56.3 Å². The van der Waals surface area contributed by atoms with Gasteiger partial charge in [0.1, 0.15) is 5.82 Å². The monoisotopic (exact) mass is 361 g/mol. The van der Waals surface area contributed by atoms with Crippen LogP contribution in [-0.2, 0) is 6.54 Å². The van der Waals surface area contributed by atoms with Crippen molar-refractivity contribution in [2.45, 2.75) is 25.4 Å². The Balaban J connectivity index is 1.34. The number of carbonyl (C=O) groups excluding carboxylic acids is 1. The number of nitrogens with zero attached hydrogens (tertiary/aromatic N) is 4. The van der Waals surface area contributed by atoms with Gasteiger partial charge in [0, 0.05) is 43.6 Å². The zero-order valence-electron chi connectivity index (χ0n) is 15.2. The second-order valence-corrected chi connectivity index (χ2v) is 7.67. The largest absolute Gasteiger partial charge is 0.341 e. The molecule has 3 aromatic rings. The molecule has 1 N–H and O–H groups in total. The lowest BCUT2D eigenvalue weighted by Crippen LogP contribution is -2.44. The molecule has 3 saturated heterocycles. The molecule has 0 radical (unpaired) electrons. The summed E-state index contributed by atoms with van der Waals surface area (Å²) in [7, 11) is 0. The fourth-order valence-corrected chi connectivity index (χ4v) is 4.49. The number of aromatic amines is 1. The van der Waals surface area contributed by atoms with E-state index < -0.39 is 0 Å². The van der Waals surface area contributed by atoms with Gasteiger partial charge in [-0.05, 0) is 43.0 Å². The van der Waals surface area contributed by atoms with E-state index >= 15 is 0 Å². The molecule has 2 aromatic heterocycles. The number of hydrogen-bond donors (Lipinski definition) is 1. The molecule has 5 heterocycles. The number of para-hydroxylation sites is 2. The maximum absolute atomic E-state index is 12.9. The van der Waals surface area contributed by atoms with E-state index in [9.17, 15) is 4.79 Å². The van der Waals surface area contributed by atoms with Crippen LogP contribution in [0.1, 0.15) is 29.0 Å². The third kappa shape index (κ3) is 3.21. The predicted molar refractivity (Wildman–Crippen MR) is 103 cm³/mol. The lowest BCUT2D eigenvalue weighted by Gasteiger charge is -2.35. The third-order valence-corrected chi connectivity index (χ3v) is 5.83. The number of benzene rings is 1. The second kappa shape index (κ2) is 6.78. The van der Waals surface area contributed by atoms with E-state index in [1.807, 2.05) is 23.1 Å². The van der Waals surface area contributed by atoms with Gasteiger partial charge < -0.3 is 9.88 Å². The number of nitrogens with one attached hydrogen (secondary N) is 1. The van der Waals surface area contributed by atoms with Crippen LogP contribution in [0.15, 0.2) is 48.8 Å². The van der Waals surface area contributed by atoms with Crippen LogP contribution in [0.25, 0.3) is 11.0 Å². The average molecular weight is 361 g/mol. The van der Waals surface area contributed by atoms with Gasteiger partial charge in [-0.1, -0.05) is 12.1 Å². The van der Waals surface area contributed by atoms with Crippen molar-refractivity contribution in [3.8, 4) is 0 Å². The Morgan fingerprint density at radius 3 is 2.78 bits per heavy atom. The highest BCUT2D eigenvalue weighted by atomic mass is 16.2. The van der Waals surface area contributed by atoms with Gasteiger partial charge in [0.25, 0.3) is 5.91 Å². The van der Waals surface area contributed by atoms with E-state index in [1.54, 1.807) is 24.5 Å². The van der Waals surface area contributed by atoms with Gasteiger partial charge in [-0.15, -0.1) is 0 Å². The maximum Gasteiger partial charge on any atom is 0.254 e. The Morgan fingerprint density at radius 2 is 1.93 bits per heavy atom. The van der Waals surface area contributed by atoms with Gasteiger partial charge in [0.15, 0.2) is 0 Å². The van der Waals surface area contributed by atoms with Crippen molar-refractivity contribution in [1.82, 2.24) is 24.8 Å². The standard InChI is InChI=1S/C21H23N5O/c27-21(16-7-9-22-10-8-16)26-12-15-5-6-17(13-26)25(11-15)14-20-23-18-3-1-2-4-19(18)24-20/h1-4,7-10,15,17H,5-6,11-14H2,(H,23,24)/t15-,17-/m0/s1. The van der Waals surface area contributed by atoms with Crippen LogP contribution in [0.4, 0.5) is 0 Å². The highest BCUT2D eigenvalue weighted by molar-refractivity contribution is 5.94. The van der Waals surface area contributed by atoms with E-state index in [4.69, 9.17) is 4.98 Å². The van der Waals surface area contributed by atoms with Crippen LogP contribution < -0.4 is 0 Å². The Labute approximate surface area is 158 Å². The topological polar surface area (TPSA) is 65.1 Å². The van der Waals surface area contributed by atoms with Crippen molar-refractivity contribution in [3.63, 3.8) is 0 Å². The number of aromatic nitrogens is 3. The van der Waals surface area contributed by atoms with Crippen molar-refractivity contribution in [2.75, 3.05) is 19.6 Å². The highest BCUT2D eigenvalue weighted by Gasteiger charge is 2.36. The number of carbonyl (C=O) groups is 1. The molecule has 6 nitrogen and oxygen atoms in total. The van der Waals surface area contributed by atoms with Gasteiger partial charge in [0.2, 0.25) is 0 Å². The lowest BCUT2D eigenvalue weighted by atomic mass is 9.95. The number of pyridine rings is 1. The fourth-order valence-electron chi connectivity index (χ4n) is 4.49. The molecule has 0 aliphatic carbocycles. The molecule has 0 spiro atoms. The van der Waals surface area contributed by atoms with E-state index in [1.165, 1.54) is 6.42 Å². The number of imidazole rings is 1. The Bertz CT molecular complexity index is 920. The summed E-state index contributed by atoms with van der Waals surface area (Å²) in [4.78, 5) is 29.7. The van der Waals surface area contributed by atoms with E-state index in [2.05, 4.69) is 20.9 Å². The first-order valence-electron chi connectivity index (χ1n) is 9.63. The Morgan fingerprint density at radius 1 is 1.07 bits per heavy atom. The first kappa shape index (κ1) is 16.4. The minimum atomic E-state index is 0.125. The van der Waals surface area contributed by atoms with Gasteiger partial charge in [-0.2, -0.15) is 0 Å². The van der Waals surface area contributed by atoms with Crippen molar-refractivity contribution in [2.24, 2.45) is 5.92 Å². The molecule has 1 amide bonds. The summed E-state index contributed by atoms with van der Waals surface area (Å²) in [6, 6.07) is 12.2. The number of hydrogen-bond acceptors (Lipinski definition) is 4. The number of H-pyrrole nitrogens is 1. The summed E-state index contributed by atoms with van der Waals surface area (Å²) in [5, 5.41) is 0. The average Bonchev–Trinajstić information content (AvgIpc) is 2.89. The van der Waals surface area contributed by atoms with Gasteiger partial charge in [0.05, 0.1) is 17.6 Å². The molecule has 3 aliphatic rings. The molecular weight excluding hydrogens is 338 g/mol. The highest BCUT2D eigenvalue weighted by Crippen LogP contribution is 2.30. The second-order valence-electron chi connectivity index (χ2n) is 7.67. The zero-order chi connectivity index (χ0) is 18.2. The number of fused-ring (bicyclic) bond motifs is 5. The minimum absolute atomic E-state index is 0.125. The van der Waals surface area contributed by atoms with E-state index in [0.717, 1.165) is 55.0 Å². The van der Waals surface area contributed by atoms with Gasteiger partial charge in [-0.25, -0.2) is 4.98 Å². The summed E-state index contributed by atoms with van der Waals surface area (Å²) in [6.45, 7) is 3.47. The summed E-state index contributed by atoms with van der Waals surface area (Å²) < 4.78 is 0. The molecule has 0 unspecified atom stereocenters. The van der Waals surface area contributed by atoms with Gasteiger partial charge in [-0.3, -0.25) is 14.7 Å². The number of piperidine rings is 1. The first-order chi connectivity index (χ1) is 13.3.